The summed E-state index contributed by atoms with van der Waals surface area (Å²) in [6, 6.07) is 7.89. The average molecular weight is 677 g/mol. The summed E-state index contributed by atoms with van der Waals surface area (Å²) in [6.07, 6.45) is 2.97. The molecule has 14 nitrogen and oxygen atoms in total. The van der Waals surface area contributed by atoms with E-state index in [0.29, 0.717) is 111 Å². The summed E-state index contributed by atoms with van der Waals surface area (Å²) in [5.74, 6) is -0.720. The zero-order valence-electron chi connectivity index (χ0n) is 27.6. The Hall–Kier alpha value is -3.49. The molecule has 0 bridgehead atoms. The largest absolute Gasteiger partial charge is 0.377 e. The normalized spacial score (nSPS) is 17.3. The smallest absolute Gasteiger partial charge is 0.264 e. The molecule has 0 saturated carbocycles. The van der Waals surface area contributed by atoms with Crippen LogP contribution in [0.4, 0.5) is 4.39 Å². The van der Waals surface area contributed by atoms with Gasteiger partial charge in [-0.2, -0.15) is 5.26 Å². The number of rotatable bonds is 24. The molecule has 48 heavy (non-hydrogen) atoms. The number of carbonyl (C=O) groups is 3. The molecular formula is C33H49FN6O8. The fourth-order valence-electron chi connectivity index (χ4n) is 5.24. The van der Waals surface area contributed by atoms with Gasteiger partial charge in [-0.05, 0) is 30.2 Å². The van der Waals surface area contributed by atoms with Crippen LogP contribution < -0.4 is 10.6 Å². The summed E-state index contributed by atoms with van der Waals surface area (Å²) in [4.78, 5) is 41.7. The summed E-state index contributed by atoms with van der Waals surface area (Å²) >= 11 is 0. The lowest BCUT2D eigenvalue weighted by Gasteiger charge is -2.37. The van der Waals surface area contributed by atoms with E-state index in [1.165, 1.54) is 30.3 Å². The minimum atomic E-state index is -0.372. The first-order valence-corrected chi connectivity index (χ1v) is 16.5. The Morgan fingerprint density at radius 3 is 1.96 bits per heavy atom. The molecule has 1 aromatic rings. The maximum Gasteiger partial charge on any atom is 0.264 e. The molecule has 2 heterocycles. The number of hydrogen-bond donors (Lipinski definition) is 2. The Kier molecular flexibility index (Phi) is 19.3. The quantitative estimate of drug-likeness (QED) is 0.0653. The molecule has 266 valence electrons. The number of benzene rings is 1. The van der Waals surface area contributed by atoms with Crippen molar-refractivity contribution in [2.24, 2.45) is 0 Å². The molecule has 0 aromatic heterocycles. The van der Waals surface area contributed by atoms with Crippen molar-refractivity contribution >= 4 is 24.3 Å². The molecule has 2 aliphatic rings. The van der Waals surface area contributed by atoms with E-state index in [4.69, 9.17) is 23.7 Å². The van der Waals surface area contributed by atoms with E-state index in [-0.39, 0.29) is 29.2 Å². The van der Waals surface area contributed by atoms with Crippen LogP contribution in [0, 0.1) is 17.1 Å². The van der Waals surface area contributed by atoms with Crippen LogP contribution in [0.2, 0.25) is 0 Å². The standard InChI is InChI=1S/C33H49FN6O8/c34-30-3-1-28(2-4-30)23-29(24-35)33(43)40-8-5-31(25-40)39-11-9-38(10-12-39)26-32(42)37-7-14-45-16-18-47-20-22-48-21-19-46-17-15-44-13-6-36-27-41/h1-4,23,27,31H,5-22,25-26H2,(H,36,41)(H,37,42)/b29-23-. The van der Waals surface area contributed by atoms with Gasteiger partial charge in [0.1, 0.15) is 17.5 Å². The molecule has 2 fully saturated rings. The number of piperazine rings is 1. The molecule has 1 unspecified atom stereocenters. The first-order valence-electron chi connectivity index (χ1n) is 16.5. The van der Waals surface area contributed by atoms with E-state index >= 15 is 0 Å². The number of hydrogen-bond acceptors (Lipinski definition) is 11. The summed E-state index contributed by atoms with van der Waals surface area (Å²) < 4.78 is 40.3. The van der Waals surface area contributed by atoms with Gasteiger partial charge in [0.25, 0.3) is 5.91 Å². The molecule has 1 atom stereocenters. The fourth-order valence-corrected chi connectivity index (χ4v) is 5.24. The highest BCUT2D eigenvalue weighted by atomic mass is 19.1. The molecule has 0 radical (unpaired) electrons. The van der Waals surface area contributed by atoms with Gasteiger partial charge in [0, 0.05) is 58.4 Å². The van der Waals surface area contributed by atoms with Gasteiger partial charge in [0.05, 0.1) is 72.6 Å². The number of carbonyl (C=O) groups excluding carboxylic acids is 3. The summed E-state index contributed by atoms with van der Waals surface area (Å²) in [5, 5.41) is 15.0. The third-order valence-corrected chi connectivity index (χ3v) is 7.80. The number of nitrogens with zero attached hydrogens (tertiary/aromatic N) is 4. The van der Waals surface area contributed by atoms with E-state index in [1.807, 2.05) is 6.07 Å². The van der Waals surface area contributed by atoms with Crippen LogP contribution in [-0.2, 0) is 38.1 Å². The van der Waals surface area contributed by atoms with Gasteiger partial charge < -0.3 is 39.2 Å². The van der Waals surface area contributed by atoms with Gasteiger partial charge in [-0.1, -0.05) is 12.1 Å². The summed E-state index contributed by atoms with van der Waals surface area (Å²) in [6.45, 7) is 9.99. The minimum Gasteiger partial charge on any atom is -0.377 e. The lowest BCUT2D eigenvalue weighted by molar-refractivity contribution is -0.126. The second kappa shape index (κ2) is 23.8. The lowest BCUT2D eigenvalue weighted by Crippen LogP contribution is -2.53. The van der Waals surface area contributed by atoms with Crippen LogP contribution in [0.25, 0.3) is 6.08 Å². The molecule has 0 aliphatic carbocycles. The molecule has 2 saturated heterocycles. The van der Waals surface area contributed by atoms with Gasteiger partial charge in [-0.3, -0.25) is 24.2 Å². The Labute approximate surface area is 282 Å². The predicted molar refractivity (Wildman–Crippen MR) is 174 cm³/mol. The first kappa shape index (κ1) is 39.0. The van der Waals surface area contributed by atoms with Crippen molar-refractivity contribution in [3.8, 4) is 6.07 Å². The third kappa shape index (κ3) is 15.6. The number of ether oxygens (including phenoxy) is 5. The monoisotopic (exact) mass is 676 g/mol. The van der Waals surface area contributed by atoms with Crippen LogP contribution in [0.15, 0.2) is 29.8 Å². The molecule has 15 heteroatoms. The van der Waals surface area contributed by atoms with Crippen LogP contribution in [-0.4, -0.2) is 164 Å². The van der Waals surface area contributed by atoms with Gasteiger partial charge >= 0.3 is 0 Å². The second-order valence-electron chi connectivity index (χ2n) is 11.2. The number of halogens is 1. The van der Waals surface area contributed by atoms with Crippen molar-refractivity contribution in [3.05, 3.63) is 41.2 Å². The maximum atomic E-state index is 13.2. The van der Waals surface area contributed by atoms with E-state index in [0.717, 1.165) is 32.6 Å². The summed E-state index contributed by atoms with van der Waals surface area (Å²) in [7, 11) is 0. The minimum absolute atomic E-state index is 0.0400. The van der Waals surface area contributed by atoms with Crippen molar-refractivity contribution < 1.29 is 42.5 Å². The number of nitriles is 1. The van der Waals surface area contributed by atoms with Crippen LogP contribution in [0.3, 0.4) is 0 Å². The van der Waals surface area contributed by atoms with Gasteiger partial charge in [-0.15, -0.1) is 0 Å². The highest BCUT2D eigenvalue weighted by Crippen LogP contribution is 2.20. The fraction of sp³-hybridized carbons (Fsp3) is 0.636. The first-order chi connectivity index (χ1) is 23.5. The van der Waals surface area contributed by atoms with E-state index < -0.39 is 0 Å². The van der Waals surface area contributed by atoms with E-state index in [2.05, 4.69) is 20.4 Å². The molecular weight excluding hydrogens is 627 g/mol. The highest BCUT2D eigenvalue weighted by Gasteiger charge is 2.33. The molecule has 0 spiro atoms. The van der Waals surface area contributed by atoms with Crippen molar-refractivity contribution in [2.75, 3.05) is 125 Å². The third-order valence-electron chi connectivity index (χ3n) is 7.80. The van der Waals surface area contributed by atoms with Crippen LogP contribution in [0.5, 0.6) is 0 Å². The molecule has 2 N–H and O–H groups in total. The summed E-state index contributed by atoms with van der Waals surface area (Å²) in [5.41, 5.74) is 0.645. The maximum absolute atomic E-state index is 13.2. The van der Waals surface area contributed by atoms with Crippen LogP contribution >= 0.6 is 0 Å². The SMILES string of the molecule is N#C/C(=C/c1ccc(F)cc1)C(=O)N1CCC(N2CCN(CC(=O)NCCOCCOCCOCCOCCOCCNC=O)CC2)C1. The number of likely N-dealkylation sites (tertiary alicyclic amines) is 1. The number of nitrogens with one attached hydrogen (secondary N) is 2. The highest BCUT2D eigenvalue weighted by molar-refractivity contribution is 6.01. The van der Waals surface area contributed by atoms with Crippen molar-refractivity contribution in [3.63, 3.8) is 0 Å². The molecule has 2 aliphatic heterocycles. The second-order valence-corrected chi connectivity index (χ2v) is 11.2. The van der Waals surface area contributed by atoms with Crippen LogP contribution in [0.1, 0.15) is 12.0 Å². The zero-order valence-corrected chi connectivity index (χ0v) is 27.6. The van der Waals surface area contributed by atoms with E-state index in [1.54, 1.807) is 4.90 Å². The number of amides is 3. The Balaban J connectivity index is 1.14. The van der Waals surface area contributed by atoms with Gasteiger partial charge in [0.2, 0.25) is 12.3 Å². The van der Waals surface area contributed by atoms with Crippen molar-refractivity contribution in [1.29, 1.82) is 5.26 Å². The van der Waals surface area contributed by atoms with Gasteiger partial charge in [-0.25, -0.2) is 4.39 Å². The molecule has 3 amide bonds. The zero-order chi connectivity index (χ0) is 34.2. The predicted octanol–water partition coefficient (Wildman–Crippen LogP) is -0.104. The molecule has 1 aromatic carbocycles. The Bertz CT molecular complexity index is 1160. The van der Waals surface area contributed by atoms with Gasteiger partial charge in [0.15, 0.2) is 0 Å². The average Bonchev–Trinajstić information content (AvgIpc) is 3.59. The lowest BCUT2D eigenvalue weighted by atomic mass is 10.1. The van der Waals surface area contributed by atoms with Crippen molar-refractivity contribution in [2.45, 2.75) is 12.5 Å². The van der Waals surface area contributed by atoms with E-state index in [9.17, 15) is 24.0 Å². The topological polar surface area (TPSA) is 155 Å². The Morgan fingerprint density at radius 1 is 0.833 bits per heavy atom. The molecule has 3 rings (SSSR count). The van der Waals surface area contributed by atoms with Crippen molar-refractivity contribution in [1.82, 2.24) is 25.3 Å². The Morgan fingerprint density at radius 2 is 1.40 bits per heavy atom.